The first-order valence-corrected chi connectivity index (χ1v) is 8.06. The minimum atomic E-state index is -1.41. The van der Waals surface area contributed by atoms with Gasteiger partial charge in [-0.3, -0.25) is 4.79 Å². The smallest absolute Gasteiger partial charge is 0.164 e. The van der Waals surface area contributed by atoms with Gasteiger partial charge < -0.3 is 10.2 Å². The van der Waals surface area contributed by atoms with E-state index in [2.05, 4.69) is 11.8 Å². The minimum absolute atomic E-state index is 0.0257. The molecule has 2 N–H and O–H groups in total. The van der Waals surface area contributed by atoms with Gasteiger partial charge in [-0.05, 0) is 36.6 Å². The first-order chi connectivity index (χ1) is 11.2. The van der Waals surface area contributed by atoms with Gasteiger partial charge in [0.1, 0.15) is 0 Å². The highest BCUT2D eigenvalue weighted by Crippen LogP contribution is 2.47. The van der Waals surface area contributed by atoms with E-state index in [4.69, 9.17) is 5.11 Å². The third-order valence-electron chi connectivity index (χ3n) is 4.68. The molecule has 0 saturated heterocycles. The highest BCUT2D eigenvalue weighted by atomic mass is 16.3. The second-order valence-electron chi connectivity index (χ2n) is 6.88. The van der Waals surface area contributed by atoms with Crippen molar-refractivity contribution in [2.45, 2.75) is 39.7 Å². The number of hydrogen-bond donors (Lipinski definition) is 2. The highest BCUT2D eigenvalue weighted by molar-refractivity contribution is 6.23. The van der Waals surface area contributed by atoms with Crippen LogP contribution in [0.2, 0.25) is 0 Å². The zero-order chi connectivity index (χ0) is 18.0. The maximum Gasteiger partial charge on any atom is 0.164 e. The van der Waals surface area contributed by atoms with Crippen LogP contribution < -0.4 is 0 Å². The normalized spacial score (nSPS) is 23.8. The van der Waals surface area contributed by atoms with Gasteiger partial charge in [0.15, 0.2) is 11.4 Å². The summed E-state index contributed by atoms with van der Waals surface area (Å²) in [7, 11) is 0. The number of hydrogen-bond acceptors (Lipinski definition) is 3. The lowest BCUT2D eigenvalue weighted by Crippen LogP contribution is -2.49. The molecular formula is C21H24O3. The highest BCUT2D eigenvalue weighted by Gasteiger charge is 2.50. The van der Waals surface area contributed by atoms with Gasteiger partial charge >= 0.3 is 0 Å². The van der Waals surface area contributed by atoms with Gasteiger partial charge in [0.05, 0.1) is 6.61 Å². The molecule has 1 unspecified atom stereocenters. The average molecular weight is 324 g/mol. The standard InChI is InChI=1S/C21H24O3/c1-15(11-13-22)10-12-21(24)16(2)19(17-8-6-5-7-9-17)18(23)14-20(21,3)4/h5-9,11,22,24H,13-14H2,1-4H3. The minimum Gasteiger partial charge on any atom is -0.392 e. The molecule has 0 aromatic heterocycles. The Bertz CT molecular complexity index is 757. The van der Waals surface area contributed by atoms with Crippen LogP contribution in [0.25, 0.3) is 5.57 Å². The van der Waals surface area contributed by atoms with Crippen molar-refractivity contribution in [2.75, 3.05) is 6.61 Å². The van der Waals surface area contributed by atoms with Crippen molar-refractivity contribution in [1.82, 2.24) is 0 Å². The maximum atomic E-state index is 12.7. The SMILES string of the molecule is CC(C#CC1(O)C(C)=C(c2ccccc2)C(=O)CC1(C)C)=CCO. The number of benzene rings is 1. The van der Waals surface area contributed by atoms with Crippen LogP contribution in [0.5, 0.6) is 0 Å². The molecule has 24 heavy (non-hydrogen) atoms. The van der Waals surface area contributed by atoms with Crippen molar-refractivity contribution in [3.05, 3.63) is 53.1 Å². The number of allylic oxidation sites excluding steroid dienone is 2. The van der Waals surface area contributed by atoms with Gasteiger partial charge in [-0.15, -0.1) is 0 Å². The van der Waals surface area contributed by atoms with Crippen LogP contribution in [0.3, 0.4) is 0 Å². The summed E-state index contributed by atoms with van der Waals surface area (Å²) in [4.78, 5) is 12.7. The molecule has 1 aliphatic carbocycles. The van der Waals surface area contributed by atoms with Crippen molar-refractivity contribution >= 4 is 11.4 Å². The van der Waals surface area contributed by atoms with E-state index in [1.54, 1.807) is 19.9 Å². The first-order valence-electron chi connectivity index (χ1n) is 8.06. The van der Waals surface area contributed by atoms with E-state index in [1.165, 1.54) is 0 Å². The van der Waals surface area contributed by atoms with Gasteiger partial charge in [-0.2, -0.15) is 0 Å². The van der Waals surface area contributed by atoms with Crippen molar-refractivity contribution in [1.29, 1.82) is 0 Å². The Kier molecular flexibility index (Phi) is 5.13. The monoisotopic (exact) mass is 324 g/mol. The first kappa shape index (κ1) is 18.2. The quantitative estimate of drug-likeness (QED) is 0.822. The summed E-state index contributed by atoms with van der Waals surface area (Å²) in [5, 5.41) is 20.3. The molecule has 0 radical (unpaired) electrons. The zero-order valence-electron chi connectivity index (χ0n) is 14.7. The molecule has 1 atom stereocenters. The Morgan fingerprint density at radius 3 is 2.50 bits per heavy atom. The second-order valence-corrected chi connectivity index (χ2v) is 6.88. The predicted octanol–water partition coefficient (Wildman–Crippen LogP) is 3.13. The van der Waals surface area contributed by atoms with Gasteiger partial charge in [0.2, 0.25) is 0 Å². The van der Waals surface area contributed by atoms with Gasteiger partial charge in [0.25, 0.3) is 0 Å². The number of Topliss-reactive ketones (excluding diaryl/α,β-unsaturated/α-hetero) is 1. The lowest BCUT2D eigenvalue weighted by molar-refractivity contribution is -0.119. The van der Waals surface area contributed by atoms with Crippen LogP contribution >= 0.6 is 0 Å². The number of rotatable bonds is 2. The third-order valence-corrected chi connectivity index (χ3v) is 4.68. The van der Waals surface area contributed by atoms with E-state index in [-0.39, 0.29) is 18.8 Å². The van der Waals surface area contributed by atoms with Crippen molar-refractivity contribution in [3.8, 4) is 11.8 Å². The summed E-state index contributed by atoms with van der Waals surface area (Å²) in [6, 6.07) is 9.40. The molecule has 0 fully saturated rings. The molecule has 0 spiro atoms. The lowest BCUT2D eigenvalue weighted by Gasteiger charge is -2.44. The second kappa shape index (κ2) is 6.76. The van der Waals surface area contributed by atoms with Gasteiger partial charge in [-0.25, -0.2) is 0 Å². The molecule has 0 aliphatic heterocycles. The summed E-state index contributed by atoms with van der Waals surface area (Å²) in [6.45, 7) is 7.18. The average Bonchev–Trinajstić information content (AvgIpc) is 2.52. The Balaban J connectivity index is 2.65. The van der Waals surface area contributed by atoms with Crippen LogP contribution in [0.4, 0.5) is 0 Å². The van der Waals surface area contributed by atoms with Crippen molar-refractivity contribution in [2.24, 2.45) is 5.41 Å². The largest absolute Gasteiger partial charge is 0.392 e. The van der Waals surface area contributed by atoms with Crippen LogP contribution in [-0.2, 0) is 4.79 Å². The summed E-state index contributed by atoms with van der Waals surface area (Å²) < 4.78 is 0. The molecule has 0 saturated carbocycles. The Morgan fingerprint density at radius 2 is 1.92 bits per heavy atom. The predicted molar refractivity (Wildman–Crippen MR) is 96.0 cm³/mol. The fourth-order valence-corrected chi connectivity index (χ4v) is 3.14. The molecule has 0 heterocycles. The van der Waals surface area contributed by atoms with E-state index >= 15 is 0 Å². The van der Waals surface area contributed by atoms with E-state index < -0.39 is 11.0 Å². The lowest BCUT2D eigenvalue weighted by atomic mass is 9.62. The summed E-state index contributed by atoms with van der Waals surface area (Å²) in [5.74, 6) is 5.91. The number of ketones is 1. The molecular weight excluding hydrogens is 300 g/mol. The molecule has 126 valence electrons. The number of carbonyl (C=O) groups is 1. The Hall–Kier alpha value is -2.15. The van der Waals surface area contributed by atoms with Crippen LogP contribution in [0.1, 0.15) is 39.7 Å². The van der Waals surface area contributed by atoms with Crippen LogP contribution in [0.15, 0.2) is 47.6 Å². The van der Waals surface area contributed by atoms with Gasteiger partial charge in [0, 0.05) is 17.4 Å². The topological polar surface area (TPSA) is 57.5 Å². The van der Waals surface area contributed by atoms with Gasteiger partial charge in [-0.1, -0.05) is 56.0 Å². The molecule has 3 heteroatoms. The van der Waals surface area contributed by atoms with E-state index in [0.717, 1.165) is 5.56 Å². The molecule has 3 nitrogen and oxygen atoms in total. The third kappa shape index (κ3) is 3.21. The molecule has 1 aliphatic rings. The molecule has 2 rings (SSSR count). The number of aliphatic hydroxyl groups excluding tert-OH is 1. The van der Waals surface area contributed by atoms with Crippen molar-refractivity contribution in [3.63, 3.8) is 0 Å². The maximum absolute atomic E-state index is 12.7. The molecule has 0 bridgehead atoms. The summed E-state index contributed by atoms with van der Waals surface area (Å²) in [6.07, 6.45) is 1.82. The van der Waals surface area contributed by atoms with Crippen molar-refractivity contribution < 1.29 is 15.0 Å². The fourth-order valence-electron chi connectivity index (χ4n) is 3.14. The number of aliphatic hydroxyl groups is 2. The Labute approximate surface area is 143 Å². The van der Waals surface area contributed by atoms with Crippen LogP contribution in [-0.4, -0.2) is 28.2 Å². The molecule has 1 aromatic rings. The number of carbonyl (C=O) groups excluding carboxylic acids is 1. The zero-order valence-corrected chi connectivity index (χ0v) is 14.7. The molecule has 1 aromatic carbocycles. The van der Waals surface area contributed by atoms with E-state index in [0.29, 0.717) is 16.7 Å². The summed E-state index contributed by atoms with van der Waals surface area (Å²) >= 11 is 0. The fraction of sp³-hybridized carbons (Fsp3) is 0.381. The van der Waals surface area contributed by atoms with E-state index in [9.17, 15) is 9.90 Å². The van der Waals surface area contributed by atoms with E-state index in [1.807, 2.05) is 44.2 Å². The Morgan fingerprint density at radius 1 is 1.29 bits per heavy atom. The van der Waals surface area contributed by atoms with Crippen LogP contribution in [0, 0.1) is 17.3 Å². The summed E-state index contributed by atoms with van der Waals surface area (Å²) in [5.41, 5.74) is 0.524. The molecule has 0 amide bonds.